The fourth-order valence-electron chi connectivity index (χ4n) is 2.35. The third-order valence-electron chi connectivity index (χ3n) is 3.61. The molecule has 0 aliphatic carbocycles. The van der Waals surface area contributed by atoms with Gasteiger partial charge in [-0.1, -0.05) is 18.2 Å². The highest BCUT2D eigenvalue weighted by atomic mass is 127. The van der Waals surface area contributed by atoms with Gasteiger partial charge in [-0.25, -0.2) is 4.39 Å². The van der Waals surface area contributed by atoms with Crippen LogP contribution in [0.25, 0.3) is 0 Å². The smallest absolute Gasteiger partial charge is 0.322 e. The Kier molecular flexibility index (Phi) is 5.46. The van der Waals surface area contributed by atoms with Gasteiger partial charge in [-0.2, -0.15) is 9.97 Å². The molecular formula is C19H15FIN3O2. The average molecular weight is 463 g/mol. The second kappa shape index (κ2) is 7.77. The van der Waals surface area contributed by atoms with E-state index < -0.39 is 5.82 Å². The Morgan fingerprint density at radius 3 is 2.42 bits per heavy atom. The van der Waals surface area contributed by atoms with E-state index in [9.17, 15) is 9.18 Å². The normalized spacial score (nSPS) is 10.5. The van der Waals surface area contributed by atoms with E-state index >= 15 is 0 Å². The molecule has 3 rings (SSSR count). The van der Waals surface area contributed by atoms with Gasteiger partial charge in [-0.15, -0.1) is 0 Å². The van der Waals surface area contributed by atoms with Crippen LogP contribution in [0.2, 0.25) is 0 Å². The summed E-state index contributed by atoms with van der Waals surface area (Å²) >= 11 is 2.15. The van der Waals surface area contributed by atoms with Crippen molar-refractivity contribution in [3.05, 3.63) is 74.9 Å². The van der Waals surface area contributed by atoms with Crippen LogP contribution < -0.4 is 10.1 Å². The fraction of sp³-hybridized carbons (Fsp3) is 0.105. The molecule has 0 atom stereocenters. The van der Waals surface area contributed by atoms with Gasteiger partial charge in [0.25, 0.3) is 5.91 Å². The number of ether oxygens (including phenoxy) is 1. The lowest BCUT2D eigenvalue weighted by Gasteiger charge is -2.13. The van der Waals surface area contributed by atoms with E-state index in [2.05, 4.69) is 37.9 Å². The minimum Gasteiger partial charge on any atom is -0.421 e. The summed E-state index contributed by atoms with van der Waals surface area (Å²) in [6, 6.07) is 13.3. The highest BCUT2D eigenvalue weighted by Crippen LogP contribution is 2.25. The van der Waals surface area contributed by atoms with Crippen LogP contribution in [0.1, 0.15) is 21.7 Å². The number of nitrogens with one attached hydrogen (secondary N) is 1. The van der Waals surface area contributed by atoms with Crippen LogP contribution in [-0.4, -0.2) is 15.9 Å². The highest BCUT2D eigenvalue weighted by Gasteiger charge is 2.15. The van der Waals surface area contributed by atoms with Gasteiger partial charge in [0.2, 0.25) is 0 Å². The lowest BCUT2D eigenvalue weighted by atomic mass is 10.2. The molecule has 1 aromatic heterocycles. The molecule has 0 radical (unpaired) electrons. The molecule has 0 unspecified atom stereocenters. The van der Waals surface area contributed by atoms with Gasteiger partial charge in [-0.05, 0) is 66.8 Å². The third-order valence-corrected chi connectivity index (χ3v) is 4.28. The maximum atomic E-state index is 13.7. The van der Waals surface area contributed by atoms with Crippen molar-refractivity contribution in [3.63, 3.8) is 0 Å². The van der Waals surface area contributed by atoms with Crippen molar-refractivity contribution in [2.45, 2.75) is 13.8 Å². The lowest BCUT2D eigenvalue weighted by Crippen LogP contribution is -2.15. The number of nitrogens with zero attached hydrogens (tertiary/aromatic N) is 2. The number of amides is 1. The maximum absolute atomic E-state index is 13.7. The molecular weight excluding hydrogens is 448 g/mol. The Balaban J connectivity index is 1.83. The third kappa shape index (κ3) is 4.16. The zero-order chi connectivity index (χ0) is 18.7. The molecule has 2 aromatic carbocycles. The fourth-order valence-corrected chi connectivity index (χ4v) is 2.90. The predicted octanol–water partition coefficient (Wildman–Crippen LogP) is 4.88. The van der Waals surface area contributed by atoms with Gasteiger partial charge < -0.3 is 10.1 Å². The molecule has 132 valence electrons. The molecule has 0 saturated heterocycles. The molecule has 0 aliphatic rings. The SMILES string of the molecule is Cc1nc(Oc2ccccc2F)nc(C)c1NC(=O)c1cccc(I)c1. The largest absolute Gasteiger partial charge is 0.421 e. The number of hydrogen-bond acceptors (Lipinski definition) is 4. The van der Waals surface area contributed by atoms with Gasteiger partial charge in [-0.3, -0.25) is 4.79 Å². The number of carbonyl (C=O) groups excluding carboxylic acids is 1. The van der Waals surface area contributed by atoms with Gasteiger partial charge in [0.1, 0.15) is 0 Å². The van der Waals surface area contributed by atoms with Crippen LogP contribution in [0.5, 0.6) is 11.8 Å². The number of carbonyl (C=O) groups is 1. The molecule has 5 nitrogen and oxygen atoms in total. The number of rotatable bonds is 4. The van der Waals surface area contributed by atoms with Crippen molar-refractivity contribution < 1.29 is 13.9 Å². The summed E-state index contributed by atoms with van der Waals surface area (Å²) in [6.07, 6.45) is 0. The molecule has 1 heterocycles. The summed E-state index contributed by atoms with van der Waals surface area (Å²) in [5, 5.41) is 2.83. The Morgan fingerprint density at radius 1 is 1.08 bits per heavy atom. The summed E-state index contributed by atoms with van der Waals surface area (Å²) in [6.45, 7) is 3.46. The van der Waals surface area contributed by atoms with E-state index in [1.165, 1.54) is 12.1 Å². The number of aryl methyl sites for hydroxylation is 2. The van der Waals surface area contributed by atoms with Gasteiger partial charge >= 0.3 is 6.01 Å². The van der Waals surface area contributed by atoms with E-state index in [1.807, 2.05) is 12.1 Å². The van der Waals surface area contributed by atoms with Crippen LogP contribution in [0.4, 0.5) is 10.1 Å². The second-order valence-electron chi connectivity index (χ2n) is 5.55. The summed E-state index contributed by atoms with van der Waals surface area (Å²) in [7, 11) is 0. The van der Waals surface area contributed by atoms with Gasteiger partial charge in [0, 0.05) is 9.13 Å². The first-order valence-corrected chi connectivity index (χ1v) is 8.86. The molecule has 0 saturated carbocycles. The Morgan fingerprint density at radius 2 is 1.77 bits per heavy atom. The predicted molar refractivity (Wildman–Crippen MR) is 105 cm³/mol. The van der Waals surface area contributed by atoms with Crippen molar-refractivity contribution in [3.8, 4) is 11.8 Å². The zero-order valence-electron chi connectivity index (χ0n) is 14.1. The first-order valence-electron chi connectivity index (χ1n) is 7.78. The zero-order valence-corrected chi connectivity index (χ0v) is 16.2. The molecule has 0 fully saturated rings. The molecule has 0 bridgehead atoms. The number of aromatic nitrogens is 2. The molecule has 1 amide bonds. The Hall–Kier alpha value is -2.55. The monoisotopic (exact) mass is 463 g/mol. The van der Waals surface area contributed by atoms with E-state index in [0.29, 0.717) is 22.6 Å². The Labute approximate surface area is 163 Å². The van der Waals surface area contributed by atoms with Crippen LogP contribution in [0.3, 0.4) is 0 Å². The van der Waals surface area contributed by atoms with Crippen LogP contribution in [-0.2, 0) is 0 Å². The van der Waals surface area contributed by atoms with Gasteiger partial charge in [0.15, 0.2) is 11.6 Å². The number of para-hydroxylation sites is 1. The summed E-state index contributed by atoms with van der Waals surface area (Å²) < 4.78 is 20.1. The first kappa shape index (κ1) is 18.2. The number of hydrogen-bond donors (Lipinski definition) is 1. The second-order valence-corrected chi connectivity index (χ2v) is 6.79. The highest BCUT2D eigenvalue weighted by molar-refractivity contribution is 14.1. The van der Waals surface area contributed by atoms with Gasteiger partial charge in [0.05, 0.1) is 17.1 Å². The topological polar surface area (TPSA) is 64.1 Å². The maximum Gasteiger partial charge on any atom is 0.322 e. The van der Waals surface area contributed by atoms with E-state index in [1.54, 1.807) is 38.1 Å². The summed E-state index contributed by atoms with van der Waals surface area (Å²) in [5.74, 6) is -0.703. The number of halogens is 2. The number of benzene rings is 2. The summed E-state index contributed by atoms with van der Waals surface area (Å²) in [4.78, 5) is 20.9. The average Bonchev–Trinajstić information content (AvgIpc) is 2.60. The Bertz CT molecular complexity index is 955. The van der Waals surface area contributed by atoms with Crippen LogP contribution in [0, 0.1) is 23.2 Å². The van der Waals surface area contributed by atoms with Crippen molar-refractivity contribution in [2.24, 2.45) is 0 Å². The lowest BCUT2D eigenvalue weighted by molar-refractivity contribution is 0.102. The van der Waals surface area contributed by atoms with Crippen molar-refractivity contribution in [2.75, 3.05) is 5.32 Å². The quantitative estimate of drug-likeness (QED) is 0.561. The van der Waals surface area contributed by atoms with Crippen molar-refractivity contribution >= 4 is 34.2 Å². The molecule has 26 heavy (non-hydrogen) atoms. The van der Waals surface area contributed by atoms with Crippen molar-refractivity contribution in [1.82, 2.24) is 9.97 Å². The molecule has 3 aromatic rings. The minimum absolute atomic E-state index is 0.0253. The standard InChI is InChI=1S/C19H15FIN3O2/c1-11-17(24-18(25)13-6-5-7-14(21)10-13)12(2)23-19(22-11)26-16-9-4-3-8-15(16)20/h3-10H,1-2H3,(H,24,25). The minimum atomic E-state index is -0.498. The molecule has 0 aliphatic heterocycles. The number of anilines is 1. The van der Waals surface area contributed by atoms with E-state index in [-0.39, 0.29) is 17.7 Å². The molecule has 7 heteroatoms. The van der Waals surface area contributed by atoms with Crippen LogP contribution in [0.15, 0.2) is 48.5 Å². The summed E-state index contributed by atoms with van der Waals surface area (Å²) in [5.41, 5.74) is 2.11. The van der Waals surface area contributed by atoms with E-state index in [0.717, 1.165) is 3.57 Å². The molecule has 1 N–H and O–H groups in total. The van der Waals surface area contributed by atoms with Crippen LogP contribution >= 0.6 is 22.6 Å². The molecule has 0 spiro atoms. The van der Waals surface area contributed by atoms with Crippen molar-refractivity contribution in [1.29, 1.82) is 0 Å². The van der Waals surface area contributed by atoms with E-state index in [4.69, 9.17) is 4.74 Å². The first-order chi connectivity index (χ1) is 12.4.